The van der Waals surface area contributed by atoms with Gasteiger partial charge in [-0.3, -0.25) is 33.6 Å². The number of hydrogen-bond donors (Lipinski definition) is 8. The van der Waals surface area contributed by atoms with Crippen molar-refractivity contribution in [1.29, 1.82) is 0 Å². The topological polar surface area (TPSA) is 278 Å². The zero-order valence-corrected chi connectivity index (χ0v) is 31.4. The first-order valence-corrected chi connectivity index (χ1v) is 17.6. The van der Waals surface area contributed by atoms with Crippen molar-refractivity contribution < 1.29 is 48.2 Å². The summed E-state index contributed by atoms with van der Waals surface area (Å²) >= 11 is 0. The van der Waals surface area contributed by atoms with Crippen LogP contribution in [0.3, 0.4) is 0 Å². The zero-order chi connectivity index (χ0) is 41.2. The molecular formula is C38H51N7O10. The Kier molecular flexibility index (Phi) is 18.0. The van der Waals surface area contributed by atoms with Gasteiger partial charge in [0.25, 0.3) is 0 Å². The van der Waals surface area contributed by atoms with Crippen LogP contribution in [0.4, 0.5) is 0 Å². The fourth-order valence-corrected chi connectivity index (χ4v) is 5.17. The molecule has 1 aromatic rings. The Bertz CT molecular complexity index is 1680. The van der Waals surface area contributed by atoms with Crippen LogP contribution >= 0.6 is 0 Å². The van der Waals surface area contributed by atoms with Gasteiger partial charge in [0.1, 0.15) is 42.1 Å². The summed E-state index contributed by atoms with van der Waals surface area (Å²) in [5, 5.41) is 21.5. The molecular weight excluding hydrogens is 714 g/mol. The van der Waals surface area contributed by atoms with Crippen LogP contribution in [0, 0.1) is 11.8 Å². The maximum Gasteiger partial charge on any atom is 0.328 e. The molecule has 1 aliphatic rings. The van der Waals surface area contributed by atoms with Gasteiger partial charge in [-0.1, -0.05) is 82.4 Å². The van der Waals surface area contributed by atoms with Crippen molar-refractivity contribution >= 4 is 53.4 Å². The van der Waals surface area contributed by atoms with Crippen molar-refractivity contribution in [3.05, 3.63) is 72.4 Å². The van der Waals surface area contributed by atoms with Gasteiger partial charge in [0.05, 0.1) is 12.8 Å². The van der Waals surface area contributed by atoms with Crippen molar-refractivity contribution in [2.75, 3.05) is 0 Å². The number of amides is 7. The number of phenols is 1. The first kappa shape index (κ1) is 44.9. The smallest absolute Gasteiger partial charge is 0.328 e. The predicted octanol–water partition coefficient (Wildman–Crippen LogP) is -0.104. The lowest BCUT2D eigenvalue weighted by atomic mass is 10.0. The monoisotopic (exact) mass is 765 g/mol. The molecule has 0 unspecified atom stereocenters. The maximum absolute atomic E-state index is 13.8. The minimum Gasteiger partial charge on any atom is -0.508 e. The number of aromatic hydroxyl groups is 1. The molecule has 0 saturated carbocycles. The number of nitrogens with two attached hydrogens (primary N) is 2. The second-order valence-corrected chi connectivity index (χ2v) is 13.6. The minimum absolute atomic E-state index is 0.0314. The summed E-state index contributed by atoms with van der Waals surface area (Å²) in [7, 11) is 0. The number of phenolic OH excluding ortho intramolecular Hbond substituents is 1. The standard InChI is InChI=1S/C38H51N7O10/c1-21(2)18-28-38(54)55-23(5)33(44-31(49)13-11-9-7-6-8-10-12-24-14-16-25(46)17-15-24)37(53)45-32(22(3)4)36(52)42-27(20-30(40)48)34(50)41-26(19-29(39)47)35(51)43-28/h6-17,21-23,26-28,32-33,46H,18-20H2,1-5H3,(H2,39,47)(H2,40,48)(H,41,50)(H,42,52)(H,43,51)(H,44,49)(H,45,53)/b8-6+,9-7+,12-10+,13-11+/t23-,26+,27+,28+,32+,33+/m1/s1. The lowest BCUT2D eigenvalue weighted by Crippen LogP contribution is -2.62. The minimum atomic E-state index is -1.64. The van der Waals surface area contributed by atoms with Crippen LogP contribution in [0.15, 0.2) is 66.8 Å². The molecule has 1 fully saturated rings. The van der Waals surface area contributed by atoms with Crippen LogP contribution in [0.5, 0.6) is 5.75 Å². The number of benzene rings is 1. The molecule has 0 spiro atoms. The molecule has 2 rings (SSSR count). The molecule has 7 amide bonds. The third-order valence-corrected chi connectivity index (χ3v) is 7.97. The molecule has 6 atom stereocenters. The molecule has 0 bridgehead atoms. The Labute approximate surface area is 319 Å². The summed E-state index contributed by atoms with van der Waals surface area (Å²) < 4.78 is 5.61. The number of allylic oxidation sites excluding steroid dienone is 6. The number of hydrogen-bond acceptors (Lipinski definition) is 10. The average molecular weight is 766 g/mol. The van der Waals surface area contributed by atoms with E-state index >= 15 is 0 Å². The number of nitrogens with one attached hydrogen (secondary N) is 5. The fourth-order valence-electron chi connectivity index (χ4n) is 5.17. The van der Waals surface area contributed by atoms with Crippen molar-refractivity contribution in [3.8, 4) is 5.75 Å². The van der Waals surface area contributed by atoms with Gasteiger partial charge in [-0.15, -0.1) is 0 Å². The largest absolute Gasteiger partial charge is 0.508 e. The van der Waals surface area contributed by atoms with Gasteiger partial charge < -0.3 is 47.9 Å². The SMILES string of the molecule is CC(C)C[C@@H]1NC(=O)[C@H](CC(N)=O)NC(=O)[C@H](CC(N)=O)NC(=O)[C@H](C(C)C)NC(=O)[C@@H](NC(=O)/C=C/C=C/C=C/C=C/c2ccc(O)cc2)[C@@H](C)OC1=O. The van der Waals surface area contributed by atoms with E-state index < -0.39 is 102 Å². The van der Waals surface area contributed by atoms with Crippen molar-refractivity contribution in [2.24, 2.45) is 23.3 Å². The third kappa shape index (κ3) is 16.1. The number of cyclic esters (lactones) is 1. The quantitative estimate of drug-likeness (QED) is 0.0750. The summed E-state index contributed by atoms with van der Waals surface area (Å²) in [6, 6.07) is -0.908. The van der Waals surface area contributed by atoms with E-state index in [-0.39, 0.29) is 18.1 Å². The van der Waals surface area contributed by atoms with E-state index in [1.54, 1.807) is 82.3 Å². The van der Waals surface area contributed by atoms with E-state index in [1.807, 2.05) is 6.08 Å². The molecule has 0 radical (unpaired) electrons. The normalized spacial score (nSPS) is 23.5. The first-order chi connectivity index (χ1) is 25.9. The Morgan fingerprint density at radius 2 is 1.25 bits per heavy atom. The molecule has 298 valence electrons. The highest BCUT2D eigenvalue weighted by molar-refractivity contribution is 5.99. The molecule has 17 heteroatoms. The molecule has 17 nitrogen and oxygen atoms in total. The molecule has 0 aromatic heterocycles. The summed E-state index contributed by atoms with van der Waals surface area (Å²) in [5.41, 5.74) is 11.5. The Morgan fingerprint density at radius 3 is 1.78 bits per heavy atom. The van der Waals surface area contributed by atoms with Crippen LogP contribution < -0.4 is 38.1 Å². The zero-order valence-electron chi connectivity index (χ0n) is 31.4. The Balaban J connectivity index is 2.43. The van der Waals surface area contributed by atoms with E-state index in [1.165, 1.54) is 13.0 Å². The van der Waals surface area contributed by atoms with E-state index in [2.05, 4.69) is 26.6 Å². The molecule has 10 N–H and O–H groups in total. The van der Waals surface area contributed by atoms with E-state index in [0.29, 0.717) is 0 Å². The van der Waals surface area contributed by atoms with E-state index in [9.17, 15) is 43.5 Å². The summed E-state index contributed by atoms with van der Waals surface area (Å²) in [6.45, 7) is 8.02. The Morgan fingerprint density at radius 1 is 0.745 bits per heavy atom. The highest BCUT2D eigenvalue weighted by atomic mass is 16.5. The van der Waals surface area contributed by atoms with Crippen molar-refractivity contribution in [3.63, 3.8) is 0 Å². The van der Waals surface area contributed by atoms with Crippen molar-refractivity contribution in [1.82, 2.24) is 26.6 Å². The molecule has 1 saturated heterocycles. The number of esters is 1. The van der Waals surface area contributed by atoms with Gasteiger partial charge in [-0.2, -0.15) is 0 Å². The van der Waals surface area contributed by atoms with Gasteiger partial charge in [-0.25, -0.2) is 4.79 Å². The molecule has 1 aromatic carbocycles. The van der Waals surface area contributed by atoms with Crippen LogP contribution in [0.25, 0.3) is 6.08 Å². The highest BCUT2D eigenvalue weighted by Crippen LogP contribution is 2.13. The molecule has 1 heterocycles. The average Bonchev–Trinajstić information content (AvgIpc) is 3.09. The van der Waals surface area contributed by atoms with Gasteiger partial charge >= 0.3 is 5.97 Å². The lowest BCUT2D eigenvalue weighted by Gasteiger charge is -2.31. The lowest BCUT2D eigenvalue weighted by molar-refractivity contribution is -0.156. The highest BCUT2D eigenvalue weighted by Gasteiger charge is 2.38. The second-order valence-electron chi connectivity index (χ2n) is 13.6. The predicted molar refractivity (Wildman–Crippen MR) is 202 cm³/mol. The fraction of sp³-hybridized carbons (Fsp3) is 0.421. The Hall–Kier alpha value is -6.26. The molecule has 1 aliphatic heterocycles. The maximum atomic E-state index is 13.8. The number of ether oxygens (including phenoxy) is 1. The van der Waals surface area contributed by atoms with Crippen molar-refractivity contribution in [2.45, 2.75) is 90.2 Å². The van der Waals surface area contributed by atoms with Gasteiger partial charge in [0, 0.05) is 6.08 Å². The summed E-state index contributed by atoms with van der Waals surface area (Å²) in [5.74, 6) is -8.29. The number of carbonyl (C=O) groups is 8. The van der Waals surface area contributed by atoms with Crippen LogP contribution in [0.1, 0.15) is 59.4 Å². The van der Waals surface area contributed by atoms with Crippen LogP contribution in [-0.2, 0) is 43.1 Å². The van der Waals surface area contributed by atoms with Gasteiger partial charge in [-0.05, 0) is 42.9 Å². The number of carbonyl (C=O) groups excluding carboxylic acids is 8. The second kappa shape index (κ2) is 22.1. The number of primary amides is 2. The van der Waals surface area contributed by atoms with E-state index in [0.717, 1.165) is 11.6 Å². The molecule has 0 aliphatic carbocycles. The third-order valence-electron chi connectivity index (χ3n) is 7.97. The first-order valence-electron chi connectivity index (χ1n) is 17.6. The number of rotatable bonds is 13. The summed E-state index contributed by atoms with van der Waals surface area (Å²) in [6.07, 6.45) is 10.0. The van der Waals surface area contributed by atoms with Crippen LogP contribution in [-0.4, -0.2) is 88.7 Å². The van der Waals surface area contributed by atoms with Crippen LogP contribution in [0.2, 0.25) is 0 Å². The summed E-state index contributed by atoms with van der Waals surface area (Å²) in [4.78, 5) is 104. The van der Waals surface area contributed by atoms with Gasteiger partial charge in [0.2, 0.25) is 41.4 Å². The molecule has 55 heavy (non-hydrogen) atoms. The van der Waals surface area contributed by atoms with E-state index in [4.69, 9.17) is 16.2 Å². The van der Waals surface area contributed by atoms with Gasteiger partial charge in [0.15, 0.2) is 0 Å².